The van der Waals surface area contributed by atoms with Crippen LogP contribution in [0.5, 0.6) is 0 Å². The van der Waals surface area contributed by atoms with Gasteiger partial charge in [0.25, 0.3) is 0 Å². The van der Waals surface area contributed by atoms with Crippen LogP contribution in [0.25, 0.3) is 0 Å². The SMILES string of the molecule is CC/C=C/C=C/C=C/C=C/C=C/CCCC(=O)OCC(COC(=O)CCC/C=C/C/C=C/C/C=C/C/C=C/CCCCC)OC(=O)CCC/C=C/C/C=C/C/C=C/C/C=C/CCCCC. The molecule has 0 aromatic rings. The van der Waals surface area contributed by atoms with Gasteiger partial charge >= 0.3 is 17.9 Å². The zero-order chi connectivity index (χ0) is 47.2. The molecule has 6 nitrogen and oxygen atoms in total. The Morgan fingerprint density at radius 3 is 1.02 bits per heavy atom. The molecule has 360 valence electrons. The molecule has 65 heavy (non-hydrogen) atoms. The first-order chi connectivity index (χ1) is 32.0. The first-order valence-electron chi connectivity index (χ1n) is 25.1. The highest BCUT2D eigenvalue weighted by Crippen LogP contribution is 2.09. The molecule has 0 aliphatic heterocycles. The van der Waals surface area contributed by atoms with Crippen LogP contribution in [-0.4, -0.2) is 37.2 Å². The lowest BCUT2D eigenvalue weighted by molar-refractivity contribution is -0.166. The Bertz CT molecular complexity index is 1540. The van der Waals surface area contributed by atoms with Gasteiger partial charge in [0.15, 0.2) is 6.10 Å². The van der Waals surface area contributed by atoms with Crippen LogP contribution in [0.4, 0.5) is 0 Å². The fourth-order valence-electron chi connectivity index (χ4n) is 5.87. The molecule has 0 fully saturated rings. The topological polar surface area (TPSA) is 78.9 Å². The molecule has 0 aliphatic carbocycles. The highest BCUT2D eigenvalue weighted by Gasteiger charge is 2.19. The van der Waals surface area contributed by atoms with E-state index in [4.69, 9.17) is 14.2 Å². The summed E-state index contributed by atoms with van der Waals surface area (Å²) in [5.74, 6) is -1.16. The Morgan fingerprint density at radius 1 is 0.338 bits per heavy atom. The van der Waals surface area contributed by atoms with E-state index in [2.05, 4.69) is 124 Å². The van der Waals surface area contributed by atoms with Crippen molar-refractivity contribution in [3.8, 4) is 0 Å². The number of hydrogen-bond acceptors (Lipinski definition) is 6. The first-order valence-corrected chi connectivity index (χ1v) is 25.1. The van der Waals surface area contributed by atoms with Crippen LogP contribution in [0.3, 0.4) is 0 Å². The van der Waals surface area contributed by atoms with E-state index in [0.29, 0.717) is 19.3 Å². The third-order valence-electron chi connectivity index (χ3n) is 9.61. The summed E-state index contributed by atoms with van der Waals surface area (Å²) in [6.45, 7) is 6.24. The molecular weight excluding hydrogens is 805 g/mol. The predicted molar refractivity (Wildman–Crippen MR) is 278 cm³/mol. The van der Waals surface area contributed by atoms with Gasteiger partial charge in [0.05, 0.1) is 0 Å². The molecule has 0 bridgehead atoms. The van der Waals surface area contributed by atoms with Crippen LogP contribution in [0.15, 0.2) is 158 Å². The minimum Gasteiger partial charge on any atom is -0.462 e. The average Bonchev–Trinajstić information content (AvgIpc) is 3.30. The molecule has 0 aliphatic rings. The number of unbranched alkanes of at least 4 members (excludes halogenated alkanes) is 9. The van der Waals surface area contributed by atoms with Crippen molar-refractivity contribution >= 4 is 17.9 Å². The quantitative estimate of drug-likeness (QED) is 0.0200. The van der Waals surface area contributed by atoms with Gasteiger partial charge in [0, 0.05) is 19.3 Å². The lowest BCUT2D eigenvalue weighted by Gasteiger charge is -2.18. The van der Waals surface area contributed by atoms with Gasteiger partial charge in [-0.3, -0.25) is 14.4 Å². The Labute approximate surface area is 397 Å². The summed E-state index contributed by atoms with van der Waals surface area (Å²) in [4.78, 5) is 37.9. The molecule has 0 N–H and O–H groups in total. The number of carbonyl (C=O) groups is 3. The zero-order valence-corrected chi connectivity index (χ0v) is 40.9. The van der Waals surface area contributed by atoms with E-state index < -0.39 is 12.1 Å². The van der Waals surface area contributed by atoms with Crippen molar-refractivity contribution in [2.24, 2.45) is 0 Å². The van der Waals surface area contributed by atoms with Gasteiger partial charge < -0.3 is 14.2 Å². The lowest BCUT2D eigenvalue weighted by atomic mass is 10.2. The highest BCUT2D eigenvalue weighted by atomic mass is 16.6. The fraction of sp³-hybridized carbons (Fsp3) is 0.508. The number of hydrogen-bond donors (Lipinski definition) is 0. The molecule has 1 unspecified atom stereocenters. The second kappa shape index (κ2) is 51.7. The summed E-state index contributed by atoms with van der Waals surface area (Å²) in [5, 5.41) is 0. The monoisotopic (exact) mass is 893 g/mol. The Kier molecular flexibility index (Phi) is 47.7. The molecule has 0 saturated carbocycles. The molecule has 0 saturated heterocycles. The van der Waals surface area contributed by atoms with Crippen molar-refractivity contribution in [2.45, 2.75) is 181 Å². The minimum atomic E-state index is -0.865. The number of carbonyl (C=O) groups excluding carboxylic acids is 3. The smallest absolute Gasteiger partial charge is 0.306 e. The van der Waals surface area contributed by atoms with Crippen molar-refractivity contribution in [1.82, 2.24) is 0 Å². The van der Waals surface area contributed by atoms with Gasteiger partial charge in [-0.15, -0.1) is 0 Å². The van der Waals surface area contributed by atoms with Crippen LogP contribution in [0.2, 0.25) is 0 Å². The maximum atomic E-state index is 12.8. The average molecular weight is 893 g/mol. The van der Waals surface area contributed by atoms with Crippen LogP contribution in [-0.2, 0) is 28.6 Å². The van der Waals surface area contributed by atoms with Crippen molar-refractivity contribution in [3.63, 3.8) is 0 Å². The molecular formula is C59H88O6. The third kappa shape index (κ3) is 49.9. The molecule has 0 heterocycles. The number of allylic oxidation sites excluding steroid dienone is 26. The summed E-state index contributed by atoms with van der Waals surface area (Å²) in [6, 6.07) is 0. The van der Waals surface area contributed by atoms with E-state index in [1.54, 1.807) is 0 Å². The van der Waals surface area contributed by atoms with E-state index in [1.807, 2.05) is 54.7 Å². The van der Waals surface area contributed by atoms with E-state index in [1.165, 1.54) is 51.4 Å². The van der Waals surface area contributed by atoms with E-state index in [0.717, 1.165) is 64.2 Å². The van der Waals surface area contributed by atoms with Crippen LogP contribution >= 0.6 is 0 Å². The molecule has 0 amide bonds. The van der Waals surface area contributed by atoms with Gasteiger partial charge in [0.1, 0.15) is 13.2 Å². The minimum absolute atomic E-state index is 0.159. The van der Waals surface area contributed by atoms with Crippen molar-refractivity contribution in [1.29, 1.82) is 0 Å². The van der Waals surface area contributed by atoms with Crippen molar-refractivity contribution < 1.29 is 28.6 Å². The summed E-state index contributed by atoms with van der Waals surface area (Å²) in [6.07, 6.45) is 75.3. The summed E-state index contributed by atoms with van der Waals surface area (Å²) >= 11 is 0. The summed E-state index contributed by atoms with van der Waals surface area (Å²) in [5.41, 5.74) is 0. The van der Waals surface area contributed by atoms with Gasteiger partial charge in [-0.1, -0.05) is 204 Å². The Balaban J connectivity index is 4.70. The van der Waals surface area contributed by atoms with E-state index in [9.17, 15) is 14.4 Å². The molecule has 0 spiro atoms. The van der Waals surface area contributed by atoms with Crippen LogP contribution in [0.1, 0.15) is 175 Å². The summed E-state index contributed by atoms with van der Waals surface area (Å²) in [7, 11) is 0. The van der Waals surface area contributed by atoms with Crippen molar-refractivity contribution in [3.05, 3.63) is 158 Å². The second-order valence-electron chi connectivity index (χ2n) is 15.8. The van der Waals surface area contributed by atoms with E-state index >= 15 is 0 Å². The van der Waals surface area contributed by atoms with Crippen molar-refractivity contribution in [2.75, 3.05) is 13.2 Å². The Hall–Kier alpha value is -4.97. The molecule has 1 atom stereocenters. The first kappa shape index (κ1) is 60.0. The zero-order valence-electron chi connectivity index (χ0n) is 40.9. The predicted octanol–water partition coefficient (Wildman–Crippen LogP) is 16.6. The molecule has 0 aromatic heterocycles. The molecule has 6 heteroatoms. The number of rotatable bonds is 42. The number of ether oxygens (including phenoxy) is 3. The standard InChI is InChI=1S/C59H88O6/c1-4-7-10-13-16-19-22-25-27-29-31-34-37-40-43-46-49-52-58(61)64-55-56(54-63-57(60)51-48-45-42-39-36-33-24-21-18-15-12-9-6-3)65-59(62)53-50-47-44-41-38-35-32-30-28-26-23-20-17-14-11-8-5-2/h9,12,15-21,24-28,31-36,39-44,56H,4-8,10-11,13-14,22-23,29-30,37-38,45-55H2,1-3H3/b12-9+,18-15+,19-16+,20-17+,24-21+,27-25+,28-26+,34-31+,35-32+,36-33+,42-39+,43-40+,44-41+. The van der Waals surface area contributed by atoms with Crippen LogP contribution < -0.4 is 0 Å². The largest absolute Gasteiger partial charge is 0.462 e. The summed E-state index contributed by atoms with van der Waals surface area (Å²) < 4.78 is 16.6. The highest BCUT2D eigenvalue weighted by molar-refractivity contribution is 5.71. The lowest BCUT2D eigenvalue weighted by Crippen LogP contribution is -2.30. The third-order valence-corrected chi connectivity index (χ3v) is 9.61. The fourth-order valence-corrected chi connectivity index (χ4v) is 5.87. The van der Waals surface area contributed by atoms with E-state index in [-0.39, 0.29) is 44.4 Å². The molecule has 0 rings (SSSR count). The molecule has 0 radical (unpaired) electrons. The van der Waals surface area contributed by atoms with Gasteiger partial charge in [-0.2, -0.15) is 0 Å². The normalized spacial score (nSPS) is 13.5. The second-order valence-corrected chi connectivity index (χ2v) is 15.8. The van der Waals surface area contributed by atoms with Gasteiger partial charge in [-0.25, -0.2) is 0 Å². The van der Waals surface area contributed by atoms with Gasteiger partial charge in [0.2, 0.25) is 0 Å². The maximum Gasteiger partial charge on any atom is 0.306 e. The van der Waals surface area contributed by atoms with Gasteiger partial charge in [-0.05, 0) is 109 Å². The maximum absolute atomic E-state index is 12.8. The Morgan fingerprint density at radius 2 is 0.646 bits per heavy atom. The molecule has 0 aromatic carbocycles. The van der Waals surface area contributed by atoms with Crippen LogP contribution in [0, 0.1) is 0 Å². The number of esters is 3.